The molecule has 9 heteroatoms. The molecule has 1 N–H and O–H groups in total. The van der Waals surface area contributed by atoms with Gasteiger partial charge >= 0.3 is 11.8 Å². The SMILES string of the molecule is Cc1occc(=O)c1OCc1noc(C(=O)NC[C@H]2CCCO2)n1. The number of ether oxygens (including phenoxy) is 2. The van der Waals surface area contributed by atoms with Crippen LogP contribution in [-0.2, 0) is 11.3 Å². The summed E-state index contributed by atoms with van der Waals surface area (Å²) in [5, 5.41) is 6.34. The molecule has 1 saturated heterocycles. The lowest BCUT2D eigenvalue weighted by molar-refractivity contribution is 0.0822. The highest BCUT2D eigenvalue weighted by atomic mass is 16.5. The third-order valence-electron chi connectivity index (χ3n) is 3.53. The monoisotopic (exact) mass is 335 g/mol. The molecule has 0 saturated carbocycles. The summed E-state index contributed by atoms with van der Waals surface area (Å²) in [7, 11) is 0. The molecule has 0 radical (unpaired) electrons. The number of nitrogens with zero attached hydrogens (tertiary/aromatic N) is 2. The Morgan fingerprint density at radius 3 is 3.12 bits per heavy atom. The first-order chi connectivity index (χ1) is 11.6. The fraction of sp³-hybridized carbons (Fsp3) is 0.467. The number of hydrogen-bond acceptors (Lipinski definition) is 8. The van der Waals surface area contributed by atoms with Crippen molar-refractivity contribution in [3.8, 4) is 5.75 Å². The lowest BCUT2D eigenvalue weighted by Crippen LogP contribution is -2.31. The van der Waals surface area contributed by atoms with Crippen LogP contribution in [0.5, 0.6) is 5.75 Å². The van der Waals surface area contributed by atoms with E-state index in [1.54, 1.807) is 6.92 Å². The zero-order valence-electron chi connectivity index (χ0n) is 13.1. The van der Waals surface area contributed by atoms with Crippen molar-refractivity contribution in [2.75, 3.05) is 13.2 Å². The average molecular weight is 335 g/mol. The topological polar surface area (TPSA) is 117 Å². The molecule has 0 aromatic carbocycles. The van der Waals surface area contributed by atoms with Crippen LogP contribution in [0.15, 0.2) is 26.1 Å². The third-order valence-corrected chi connectivity index (χ3v) is 3.53. The average Bonchev–Trinajstić information content (AvgIpc) is 3.24. The summed E-state index contributed by atoms with van der Waals surface area (Å²) in [5.41, 5.74) is -0.309. The second-order valence-corrected chi connectivity index (χ2v) is 5.32. The number of aryl methyl sites for hydroxylation is 1. The van der Waals surface area contributed by atoms with Gasteiger partial charge in [0.25, 0.3) is 0 Å². The van der Waals surface area contributed by atoms with E-state index in [2.05, 4.69) is 15.5 Å². The molecular weight excluding hydrogens is 318 g/mol. The number of hydrogen-bond donors (Lipinski definition) is 1. The summed E-state index contributed by atoms with van der Waals surface area (Å²) in [6, 6.07) is 1.25. The Morgan fingerprint density at radius 1 is 1.50 bits per heavy atom. The predicted molar refractivity (Wildman–Crippen MR) is 79.7 cm³/mol. The maximum atomic E-state index is 11.9. The van der Waals surface area contributed by atoms with Crippen LogP contribution in [0.2, 0.25) is 0 Å². The Hall–Kier alpha value is -2.68. The van der Waals surface area contributed by atoms with Gasteiger partial charge in [0.1, 0.15) is 5.76 Å². The number of aromatic nitrogens is 2. The van der Waals surface area contributed by atoms with Gasteiger partial charge in [-0.3, -0.25) is 9.59 Å². The number of carbonyl (C=O) groups excluding carboxylic acids is 1. The third kappa shape index (κ3) is 3.80. The minimum absolute atomic E-state index is 0.0277. The summed E-state index contributed by atoms with van der Waals surface area (Å²) in [4.78, 5) is 27.5. The second kappa shape index (κ2) is 7.26. The Bertz CT molecular complexity index is 763. The lowest BCUT2D eigenvalue weighted by atomic mass is 10.2. The first-order valence-electron chi connectivity index (χ1n) is 7.57. The molecule has 0 spiro atoms. The van der Waals surface area contributed by atoms with Gasteiger partial charge < -0.3 is 23.7 Å². The molecular formula is C15H17N3O6. The van der Waals surface area contributed by atoms with Gasteiger partial charge in [-0.05, 0) is 19.8 Å². The summed E-state index contributed by atoms with van der Waals surface area (Å²) in [5.74, 6) is -0.0600. The number of amides is 1. The highest BCUT2D eigenvalue weighted by Crippen LogP contribution is 2.13. The van der Waals surface area contributed by atoms with Crippen LogP contribution in [0.3, 0.4) is 0 Å². The molecule has 9 nitrogen and oxygen atoms in total. The highest BCUT2D eigenvalue weighted by molar-refractivity contribution is 5.89. The van der Waals surface area contributed by atoms with Crippen LogP contribution >= 0.6 is 0 Å². The van der Waals surface area contributed by atoms with Crippen LogP contribution < -0.4 is 15.5 Å². The van der Waals surface area contributed by atoms with E-state index in [1.807, 2.05) is 0 Å². The van der Waals surface area contributed by atoms with Gasteiger partial charge in [-0.1, -0.05) is 5.16 Å². The van der Waals surface area contributed by atoms with Crippen LogP contribution in [-0.4, -0.2) is 35.3 Å². The van der Waals surface area contributed by atoms with Gasteiger partial charge in [-0.15, -0.1) is 0 Å². The van der Waals surface area contributed by atoms with E-state index in [4.69, 9.17) is 18.4 Å². The van der Waals surface area contributed by atoms with Gasteiger partial charge in [-0.25, -0.2) is 0 Å². The quantitative estimate of drug-likeness (QED) is 0.824. The van der Waals surface area contributed by atoms with E-state index in [1.165, 1.54) is 12.3 Å². The Balaban J connectivity index is 1.55. The minimum Gasteiger partial charge on any atom is -0.478 e. The molecule has 3 rings (SSSR count). The van der Waals surface area contributed by atoms with E-state index in [-0.39, 0.29) is 35.6 Å². The molecule has 0 bridgehead atoms. The summed E-state index contributed by atoms with van der Waals surface area (Å²) in [6.45, 7) is 2.61. The second-order valence-electron chi connectivity index (χ2n) is 5.32. The number of rotatable bonds is 6. The minimum atomic E-state index is -0.473. The zero-order valence-corrected chi connectivity index (χ0v) is 13.1. The number of nitrogens with one attached hydrogen (secondary N) is 1. The lowest BCUT2D eigenvalue weighted by Gasteiger charge is -2.08. The van der Waals surface area contributed by atoms with Gasteiger partial charge in [0.15, 0.2) is 6.61 Å². The molecule has 0 unspecified atom stereocenters. The van der Waals surface area contributed by atoms with Crippen molar-refractivity contribution in [3.05, 3.63) is 40.0 Å². The number of carbonyl (C=O) groups is 1. The molecule has 1 atom stereocenters. The highest BCUT2D eigenvalue weighted by Gasteiger charge is 2.20. The standard InChI is InChI=1S/C15H17N3O6/c1-9-13(11(19)4-6-21-9)23-8-12-17-15(24-18-12)14(20)16-7-10-3-2-5-22-10/h4,6,10H,2-3,5,7-8H2,1H3,(H,16,20)/t10-/m1/s1. The smallest absolute Gasteiger partial charge is 0.316 e. The van der Waals surface area contributed by atoms with Crippen LogP contribution in [0.4, 0.5) is 0 Å². The van der Waals surface area contributed by atoms with Crippen molar-refractivity contribution in [1.82, 2.24) is 15.5 Å². The van der Waals surface area contributed by atoms with Crippen molar-refractivity contribution >= 4 is 5.91 Å². The van der Waals surface area contributed by atoms with Crippen molar-refractivity contribution in [3.63, 3.8) is 0 Å². The summed E-state index contributed by atoms with van der Waals surface area (Å²) in [6.07, 6.45) is 3.23. The summed E-state index contributed by atoms with van der Waals surface area (Å²) >= 11 is 0. The van der Waals surface area contributed by atoms with Gasteiger partial charge in [0, 0.05) is 19.2 Å². The fourth-order valence-corrected chi connectivity index (χ4v) is 2.30. The van der Waals surface area contributed by atoms with Gasteiger partial charge in [0.05, 0.1) is 12.4 Å². The molecule has 1 amide bonds. The van der Waals surface area contributed by atoms with Crippen molar-refractivity contribution in [2.45, 2.75) is 32.5 Å². The summed E-state index contributed by atoms with van der Waals surface area (Å²) < 4.78 is 20.7. The van der Waals surface area contributed by atoms with Crippen molar-refractivity contribution in [1.29, 1.82) is 0 Å². The van der Waals surface area contributed by atoms with E-state index in [9.17, 15) is 9.59 Å². The Morgan fingerprint density at radius 2 is 2.38 bits per heavy atom. The van der Waals surface area contributed by atoms with Crippen LogP contribution in [0.25, 0.3) is 0 Å². The maximum absolute atomic E-state index is 11.9. The molecule has 2 aromatic heterocycles. The fourth-order valence-electron chi connectivity index (χ4n) is 2.30. The van der Waals surface area contributed by atoms with Crippen molar-refractivity contribution < 1.29 is 23.2 Å². The first kappa shape index (κ1) is 16.2. The van der Waals surface area contributed by atoms with E-state index in [0.717, 1.165) is 19.4 Å². The zero-order chi connectivity index (χ0) is 16.9. The molecule has 24 heavy (non-hydrogen) atoms. The molecule has 2 aromatic rings. The Kier molecular flexibility index (Phi) is 4.90. The largest absolute Gasteiger partial charge is 0.478 e. The van der Waals surface area contributed by atoms with Crippen molar-refractivity contribution in [2.24, 2.45) is 0 Å². The molecule has 1 aliphatic heterocycles. The van der Waals surface area contributed by atoms with E-state index in [0.29, 0.717) is 12.3 Å². The van der Waals surface area contributed by atoms with Crippen LogP contribution in [0.1, 0.15) is 35.1 Å². The van der Waals surface area contributed by atoms with Gasteiger partial charge in [-0.2, -0.15) is 4.98 Å². The molecule has 3 heterocycles. The molecule has 0 aliphatic carbocycles. The Labute approximate surface area is 136 Å². The maximum Gasteiger partial charge on any atom is 0.316 e. The van der Waals surface area contributed by atoms with E-state index < -0.39 is 5.91 Å². The predicted octanol–water partition coefficient (Wildman–Crippen LogP) is 0.819. The van der Waals surface area contributed by atoms with E-state index >= 15 is 0 Å². The molecule has 128 valence electrons. The normalized spacial score (nSPS) is 17.0. The van der Waals surface area contributed by atoms with Gasteiger partial charge in [0.2, 0.25) is 17.0 Å². The molecule has 1 fully saturated rings. The van der Waals surface area contributed by atoms with Crippen LogP contribution in [0, 0.1) is 6.92 Å². The molecule has 1 aliphatic rings. The first-order valence-corrected chi connectivity index (χ1v) is 7.57.